The fraction of sp³-hybridized carbons (Fsp3) is 0.0870. The Balaban J connectivity index is 1.62. The number of carbonyl (C=O) groups excluding carboxylic acids is 1. The molecule has 33 heavy (non-hydrogen) atoms. The van der Waals surface area contributed by atoms with Crippen LogP contribution in [0.1, 0.15) is 21.7 Å². The van der Waals surface area contributed by atoms with Crippen LogP contribution in [0, 0.1) is 5.82 Å². The van der Waals surface area contributed by atoms with Crippen molar-refractivity contribution in [3.63, 3.8) is 0 Å². The third kappa shape index (κ3) is 5.68. The molecule has 4 aromatic rings. The van der Waals surface area contributed by atoms with Gasteiger partial charge in [0.05, 0.1) is 27.8 Å². The molecule has 0 saturated heterocycles. The number of rotatable bonds is 7. The van der Waals surface area contributed by atoms with Gasteiger partial charge in [0, 0.05) is 10.8 Å². The van der Waals surface area contributed by atoms with Crippen LogP contribution in [-0.4, -0.2) is 20.7 Å². The highest BCUT2D eigenvalue weighted by Crippen LogP contribution is 2.31. The third-order valence-corrected chi connectivity index (χ3v) is 6.54. The highest BCUT2D eigenvalue weighted by Gasteiger charge is 2.19. The number of nitrogens with zero attached hydrogens (tertiary/aromatic N) is 3. The summed E-state index contributed by atoms with van der Waals surface area (Å²) in [6.07, 6.45) is 0. The molecule has 1 amide bonds. The van der Waals surface area contributed by atoms with Crippen LogP contribution in [0.4, 0.5) is 4.39 Å². The fourth-order valence-electron chi connectivity index (χ4n) is 3.04. The van der Waals surface area contributed by atoms with Crippen molar-refractivity contribution in [3.05, 3.63) is 105 Å². The molecule has 1 aromatic heterocycles. The van der Waals surface area contributed by atoms with Gasteiger partial charge in [-0.25, -0.2) is 4.39 Å². The van der Waals surface area contributed by atoms with Gasteiger partial charge >= 0.3 is 0 Å². The van der Waals surface area contributed by atoms with E-state index in [9.17, 15) is 9.18 Å². The summed E-state index contributed by atoms with van der Waals surface area (Å²) < 4.78 is 15.0. The Bertz CT molecular complexity index is 1300. The number of thioether (sulfide) groups is 1. The molecule has 0 bridgehead atoms. The van der Waals surface area contributed by atoms with E-state index >= 15 is 0 Å². The summed E-state index contributed by atoms with van der Waals surface area (Å²) in [4.78, 5) is 12.6. The quantitative estimate of drug-likeness (QED) is 0.279. The summed E-state index contributed by atoms with van der Waals surface area (Å²) in [6, 6.07) is 18.1. The van der Waals surface area contributed by atoms with Gasteiger partial charge in [-0.05, 0) is 48.0 Å². The van der Waals surface area contributed by atoms with Crippen molar-refractivity contribution in [1.29, 1.82) is 0 Å². The number of carbonyl (C=O) groups is 1. The Hall–Kier alpha value is -2.58. The molecule has 1 heterocycles. The first kappa shape index (κ1) is 23.6. The average molecular weight is 522 g/mol. The molecule has 168 valence electrons. The number of benzene rings is 3. The van der Waals surface area contributed by atoms with E-state index in [0.717, 1.165) is 5.56 Å². The van der Waals surface area contributed by atoms with Crippen LogP contribution in [0.5, 0.6) is 0 Å². The lowest BCUT2D eigenvalue weighted by molar-refractivity contribution is 0.0950. The zero-order valence-corrected chi connectivity index (χ0v) is 20.0. The third-order valence-electron chi connectivity index (χ3n) is 4.66. The standard InChI is InChI=1S/C23H16Cl3FN4OS/c24-15-7-10-19(26)20(11-15)31-21(12-28-22(32)17-3-1-2-4-18(17)25)29-30-23(31)33-13-14-5-8-16(27)9-6-14/h1-11H,12-13H2,(H,28,32). The number of halogens is 4. The summed E-state index contributed by atoms with van der Waals surface area (Å²) >= 11 is 20.2. The maximum absolute atomic E-state index is 13.2. The lowest BCUT2D eigenvalue weighted by atomic mass is 10.2. The van der Waals surface area contributed by atoms with Crippen molar-refractivity contribution in [2.45, 2.75) is 17.5 Å². The first-order chi connectivity index (χ1) is 15.9. The normalized spacial score (nSPS) is 10.9. The lowest BCUT2D eigenvalue weighted by Crippen LogP contribution is -2.25. The molecule has 0 aliphatic rings. The maximum Gasteiger partial charge on any atom is 0.253 e. The molecule has 0 atom stereocenters. The second kappa shape index (κ2) is 10.6. The predicted octanol–water partition coefficient (Wildman–Crippen LogP) is 6.59. The summed E-state index contributed by atoms with van der Waals surface area (Å²) in [7, 11) is 0. The van der Waals surface area contributed by atoms with Gasteiger partial charge in [0.15, 0.2) is 11.0 Å². The van der Waals surface area contributed by atoms with Gasteiger partial charge in [0.1, 0.15) is 5.82 Å². The van der Waals surface area contributed by atoms with Crippen molar-refractivity contribution >= 4 is 52.5 Å². The van der Waals surface area contributed by atoms with Crippen LogP contribution in [0.25, 0.3) is 5.69 Å². The first-order valence-electron chi connectivity index (χ1n) is 9.72. The van der Waals surface area contributed by atoms with Gasteiger partial charge in [-0.1, -0.05) is 70.8 Å². The van der Waals surface area contributed by atoms with Crippen LogP contribution in [0.2, 0.25) is 15.1 Å². The number of hydrogen-bond acceptors (Lipinski definition) is 4. The molecule has 1 N–H and O–H groups in total. The average Bonchev–Trinajstić information content (AvgIpc) is 3.21. The van der Waals surface area contributed by atoms with Crippen LogP contribution >= 0.6 is 46.6 Å². The largest absolute Gasteiger partial charge is 0.345 e. The number of amides is 1. The molecule has 5 nitrogen and oxygen atoms in total. The molecule has 4 rings (SSSR count). The summed E-state index contributed by atoms with van der Waals surface area (Å²) in [5, 5.41) is 13.2. The Kier molecular flexibility index (Phi) is 7.55. The van der Waals surface area contributed by atoms with Crippen molar-refractivity contribution < 1.29 is 9.18 Å². The maximum atomic E-state index is 13.2. The van der Waals surface area contributed by atoms with Crippen LogP contribution in [-0.2, 0) is 12.3 Å². The Morgan fingerprint density at radius 1 is 0.970 bits per heavy atom. The minimum absolute atomic E-state index is 0.0804. The van der Waals surface area contributed by atoms with Gasteiger partial charge in [-0.15, -0.1) is 10.2 Å². The van der Waals surface area contributed by atoms with E-state index in [2.05, 4.69) is 15.5 Å². The smallest absolute Gasteiger partial charge is 0.253 e. The Morgan fingerprint density at radius 3 is 2.48 bits per heavy atom. The highest BCUT2D eigenvalue weighted by atomic mass is 35.5. The highest BCUT2D eigenvalue weighted by molar-refractivity contribution is 7.98. The molecular formula is C23H16Cl3FN4OS. The van der Waals surface area contributed by atoms with Crippen molar-refractivity contribution in [2.24, 2.45) is 0 Å². The molecule has 0 saturated carbocycles. The SMILES string of the molecule is O=C(NCc1nnc(SCc2ccc(F)cc2)n1-c1cc(Cl)ccc1Cl)c1ccccc1Cl. The minimum atomic E-state index is -0.340. The van der Waals surface area contributed by atoms with Crippen molar-refractivity contribution in [3.8, 4) is 5.69 Å². The van der Waals surface area contributed by atoms with E-state index < -0.39 is 0 Å². The van der Waals surface area contributed by atoms with E-state index in [1.807, 2.05) is 0 Å². The predicted molar refractivity (Wildman–Crippen MR) is 130 cm³/mol. The number of hydrogen-bond donors (Lipinski definition) is 1. The van der Waals surface area contributed by atoms with Crippen LogP contribution < -0.4 is 5.32 Å². The van der Waals surface area contributed by atoms with E-state index in [1.165, 1.54) is 23.9 Å². The topological polar surface area (TPSA) is 59.8 Å². The summed E-state index contributed by atoms with van der Waals surface area (Å²) in [5.74, 6) is 0.353. The molecule has 0 unspecified atom stereocenters. The second-order valence-electron chi connectivity index (χ2n) is 6.91. The summed E-state index contributed by atoms with van der Waals surface area (Å²) in [5.41, 5.74) is 1.86. The van der Waals surface area contributed by atoms with Gasteiger partial charge in [-0.2, -0.15) is 0 Å². The minimum Gasteiger partial charge on any atom is -0.345 e. The number of nitrogens with one attached hydrogen (secondary N) is 1. The molecule has 10 heteroatoms. The monoisotopic (exact) mass is 520 g/mol. The fourth-order valence-corrected chi connectivity index (χ4v) is 4.55. The van der Waals surface area contributed by atoms with Gasteiger partial charge in [-0.3, -0.25) is 9.36 Å². The van der Waals surface area contributed by atoms with Crippen LogP contribution in [0.3, 0.4) is 0 Å². The zero-order valence-electron chi connectivity index (χ0n) is 16.9. The molecule has 0 aliphatic carbocycles. The molecule has 3 aromatic carbocycles. The molecule has 0 fully saturated rings. The van der Waals surface area contributed by atoms with E-state index in [0.29, 0.717) is 43.1 Å². The van der Waals surface area contributed by atoms with Crippen molar-refractivity contribution in [2.75, 3.05) is 0 Å². The molecule has 0 aliphatic heterocycles. The number of aromatic nitrogens is 3. The van der Waals surface area contributed by atoms with Gasteiger partial charge < -0.3 is 5.32 Å². The molecule has 0 radical (unpaired) electrons. The first-order valence-corrected chi connectivity index (χ1v) is 11.8. The zero-order chi connectivity index (χ0) is 23.4. The van der Waals surface area contributed by atoms with Gasteiger partial charge in [0.2, 0.25) is 0 Å². The lowest BCUT2D eigenvalue weighted by Gasteiger charge is -2.13. The molecular weight excluding hydrogens is 506 g/mol. The van der Waals surface area contributed by atoms with E-state index in [4.69, 9.17) is 34.8 Å². The van der Waals surface area contributed by atoms with E-state index in [-0.39, 0.29) is 18.3 Å². The molecule has 0 spiro atoms. The summed E-state index contributed by atoms with van der Waals surface area (Å²) in [6.45, 7) is 0.0804. The Labute approximate surface area is 208 Å². The Morgan fingerprint density at radius 2 is 1.73 bits per heavy atom. The van der Waals surface area contributed by atoms with Gasteiger partial charge in [0.25, 0.3) is 5.91 Å². The van der Waals surface area contributed by atoms with Crippen LogP contribution in [0.15, 0.2) is 71.9 Å². The van der Waals surface area contributed by atoms with Crippen molar-refractivity contribution in [1.82, 2.24) is 20.1 Å². The second-order valence-corrected chi connectivity index (χ2v) is 9.10. The van der Waals surface area contributed by atoms with E-state index in [1.54, 1.807) is 59.2 Å².